The van der Waals surface area contributed by atoms with Gasteiger partial charge in [-0.3, -0.25) is 4.68 Å². The summed E-state index contributed by atoms with van der Waals surface area (Å²) in [6.45, 7) is 1.10. The first-order chi connectivity index (χ1) is 6.93. The molecule has 0 spiro atoms. The topological polar surface area (TPSA) is 17.8 Å². The Hall–Kier alpha value is -1.09. The van der Waals surface area contributed by atoms with E-state index in [1.807, 2.05) is 0 Å². The summed E-state index contributed by atoms with van der Waals surface area (Å²) in [6.07, 6.45) is 3.78. The maximum atomic E-state index is 4.62. The number of hydrogen-bond donors (Lipinski definition) is 0. The van der Waals surface area contributed by atoms with Crippen molar-refractivity contribution in [3.63, 3.8) is 0 Å². The molecule has 0 fully saturated rings. The smallest absolute Gasteiger partial charge is 0.103 e. The molecule has 0 aliphatic carbocycles. The molecule has 0 unspecified atom stereocenters. The van der Waals surface area contributed by atoms with E-state index in [0.717, 1.165) is 12.2 Å². The van der Waals surface area contributed by atoms with E-state index < -0.39 is 0 Å². The molecule has 1 aliphatic rings. The van der Waals surface area contributed by atoms with E-state index in [0.29, 0.717) is 0 Å². The van der Waals surface area contributed by atoms with Crippen LogP contribution in [0.3, 0.4) is 0 Å². The molecule has 72 valence electrons. The van der Waals surface area contributed by atoms with Gasteiger partial charge in [-0.15, -0.1) is 11.3 Å². The molecule has 2 aromatic heterocycles. The Balaban J connectivity index is 2.04. The van der Waals surface area contributed by atoms with Crippen LogP contribution in [0.15, 0.2) is 23.6 Å². The van der Waals surface area contributed by atoms with Crippen molar-refractivity contribution in [3.8, 4) is 10.6 Å². The lowest BCUT2D eigenvalue weighted by atomic mass is 10.1. The quantitative estimate of drug-likeness (QED) is 0.698. The Morgan fingerprint density at radius 1 is 1.36 bits per heavy atom. The van der Waals surface area contributed by atoms with Gasteiger partial charge in [0.05, 0.1) is 4.88 Å². The fraction of sp³-hybridized carbons (Fsp3) is 0.364. The molecular formula is C11H12N2S. The standard InChI is InChI=1S/C11H12N2S/c1-2-6-13-9(4-1)8-10(12-13)11-5-3-7-14-11/h3,5,7-8H,1-2,4,6H2. The minimum absolute atomic E-state index is 1.10. The van der Waals surface area contributed by atoms with Crippen molar-refractivity contribution in [2.75, 3.05) is 0 Å². The minimum atomic E-state index is 1.10. The summed E-state index contributed by atoms with van der Waals surface area (Å²) in [5.41, 5.74) is 2.55. The molecule has 0 radical (unpaired) electrons. The van der Waals surface area contributed by atoms with E-state index in [9.17, 15) is 0 Å². The molecule has 2 aromatic rings. The van der Waals surface area contributed by atoms with E-state index in [1.165, 1.54) is 29.8 Å². The summed E-state index contributed by atoms with van der Waals surface area (Å²) < 4.78 is 2.17. The van der Waals surface area contributed by atoms with E-state index in [1.54, 1.807) is 11.3 Å². The minimum Gasteiger partial charge on any atom is -0.269 e. The van der Waals surface area contributed by atoms with Gasteiger partial charge in [-0.2, -0.15) is 5.10 Å². The predicted octanol–water partition coefficient (Wildman–Crippen LogP) is 2.95. The van der Waals surface area contributed by atoms with Gasteiger partial charge in [0.25, 0.3) is 0 Å². The number of thiophene rings is 1. The average Bonchev–Trinajstić information content (AvgIpc) is 2.86. The van der Waals surface area contributed by atoms with Gasteiger partial charge in [-0.1, -0.05) is 6.07 Å². The van der Waals surface area contributed by atoms with Crippen molar-refractivity contribution < 1.29 is 0 Å². The molecule has 3 heteroatoms. The molecule has 14 heavy (non-hydrogen) atoms. The van der Waals surface area contributed by atoms with Crippen molar-refractivity contribution >= 4 is 11.3 Å². The van der Waals surface area contributed by atoms with Gasteiger partial charge in [0.15, 0.2) is 0 Å². The number of aromatic nitrogens is 2. The molecule has 0 atom stereocenters. The summed E-state index contributed by atoms with van der Waals surface area (Å²) in [6, 6.07) is 6.46. The SMILES string of the molecule is c1csc(-c2cc3n(n2)CCCC3)c1. The summed E-state index contributed by atoms with van der Waals surface area (Å²) in [5.74, 6) is 0. The second kappa shape index (κ2) is 3.24. The molecule has 0 saturated carbocycles. The molecule has 0 saturated heterocycles. The fourth-order valence-electron chi connectivity index (χ4n) is 1.96. The third-order valence-corrected chi connectivity index (χ3v) is 3.58. The lowest BCUT2D eigenvalue weighted by molar-refractivity contribution is 0.487. The zero-order chi connectivity index (χ0) is 9.38. The fourth-order valence-corrected chi connectivity index (χ4v) is 2.64. The lowest BCUT2D eigenvalue weighted by Gasteiger charge is -2.11. The number of rotatable bonds is 1. The Labute approximate surface area is 87.2 Å². The van der Waals surface area contributed by atoms with Gasteiger partial charge in [-0.25, -0.2) is 0 Å². The third-order valence-electron chi connectivity index (χ3n) is 2.69. The zero-order valence-electron chi connectivity index (χ0n) is 7.94. The molecule has 0 N–H and O–H groups in total. The summed E-state index contributed by atoms with van der Waals surface area (Å²) in [5, 5.41) is 6.73. The number of fused-ring (bicyclic) bond motifs is 1. The van der Waals surface area contributed by atoms with E-state index >= 15 is 0 Å². The zero-order valence-corrected chi connectivity index (χ0v) is 8.76. The highest BCUT2D eigenvalue weighted by molar-refractivity contribution is 7.13. The molecular weight excluding hydrogens is 192 g/mol. The van der Waals surface area contributed by atoms with Crippen LogP contribution in [0.25, 0.3) is 10.6 Å². The van der Waals surface area contributed by atoms with Gasteiger partial charge >= 0.3 is 0 Å². The monoisotopic (exact) mass is 204 g/mol. The first-order valence-electron chi connectivity index (χ1n) is 5.04. The average molecular weight is 204 g/mol. The summed E-state index contributed by atoms with van der Waals surface area (Å²) in [7, 11) is 0. The van der Waals surface area contributed by atoms with E-state index in [2.05, 4.69) is 33.4 Å². The van der Waals surface area contributed by atoms with Gasteiger partial charge in [-0.05, 0) is 36.8 Å². The second-order valence-electron chi connectivity index (χ2n) is 3.68. The highest BCUT2D eigenvalue weighted by Gasteiger charge is 2.13. The summed E-state index contributed by atoms with van der Waals surface area (Å²) >= 11 is 1.76. The van der Waals surface area contributed by atoms with Crippen molar-refractivity contribution in [1.82, 2.24) is 9.78 Å². The van der Waals surface area contributed by atoms with Crippen LogP contribution in [0.2, 0.25) is 0 Å². The van der Waals surface area contributed by atoms with Crippen LogP contribution in [0.5, 0.6) is 0 Å². The maximum Gasteiger partial charge on any atom is 0.103 e. The number of aryl methyl sites for hydroxylation is 2. The Bertz CT molecular complexity index is 405. The molecule has 0 aromatic carbocycles. The van der Waals surface area contributed by atoms with Gasteiger partial charge in [0, 0.05) is 12.2 Å². The van der Waals surface area contributed by atoms with Crippen molar-refractivity contribution in [2.45, 2.75) is 25.8 Å². The van der Waals surface area contributed by atoms with Crippen LogP contribution in [-0.2, 0) is 13.0 Å². The molecule has 0 bridgehead atoms. The number of nitrogens with zero attached hydrogens (tertiary/aromatic N) is 2. The lowest BCUT2D eigenvalue weighted by Crippen LogP contribution is -2.10. The Morgan fingerprint density at radius 2 is 2.36 bits per heavy atom. The summed E-state index contributed by atoms with van der Waals surface area (Å²) in [4.78, 5) is 1.28. The first-order valence-corrected chi connectivity index (χ1v) is 5.92. The third kappa shape index (κ3) is 1.28. The Kier molecular flexibility index (Phi) is 1.91. The van der Waals surface area contributed by atoms with Crippen LogP contribution in [0, 0.1) is 0 Å². The highest BCUT2D eigenvalue weighted by Crippen LogP contribution is 2.26. The van der Waals surface area contributed by atoms with Crippen LogP contribution in [-0.4, -0.2) is 9.78 Å². The van der Waals surface area contributed by atoms with Crippen LogP contribution < -0.4 is 0 Å². The van der Waals surface area contributed by atoms with Crippen molar-refractivity contribution in [3.05, 3.63) is 29.3 Å². The first kappa shape index (κ1) is 8.24. The predicted molar refractivity (Wildman–Crippen MR) is 58.5 cm³/mol. The molecule has 1 aliphatic heterocycles. The molecule has 2 nitrogen and oxygen atoms in total. The largest absolute Gasteiger partial charge is 0.269 e. The van der Waals surface area contributed by atoms with Gasteiger partial charge < -0.3 is 0 Å². The second-order valence-corrected chi connectivity index (χ2v) is 4.63. The molecule has 3 heterocycles. The maximum absolute atomic E-state index is 4.62. The van der Waals surface area contributed by atoms with Crippen LogP contribution >= 0.6 is 11.3 Å². The van der Waals surface area contributed by atoms with Crippen molar-refractivity contribution in [1.29, 1.82) is 0 Å². The highest BCUT2D eigenvalue weighted by atomic mass is 32.1. The number of hydrogen-bond acceptors (Lipinski definition) is 2. The van der Waals surface area contributed by atoms with Crippen molar-refractivity contribution in [2.24, 2.45) is 0 Å². The molecule has 0 amide bonds. The van der Waals surface area contributed by atoms with E-state index in [-0.39, 0.29) is 0 Å². The van der Waals surface area contributed by atoms with Gasteiger partial charge in [0.2, 0.25) is 0 Å². The normalized spacial score (nSPS) is 15.4. The molecule has 3 rings (SSSR count). The van der Waals surface area contributed by atoms with E-state index in [4.69, 9.17) is 0 Å². The van der Waals surface area contributed by atoms with Crippen LogP contribution in [0.4, 0.5) is 0 Å². The Morgan fingerprint density at radius 3 is 3.14 bits per heavy atom. The van der Waals surface area contributed by atoms with Gasteiger partial charge in [0.1, 0.15) is 5.69 Å². The van der Waals surface area contributed by atoms with Crippen LogP contribution in [0.1, 0.15) is 18.5 Å².